The van der Waals surface area contributed by atoms with Crippen LogP contribution in [-0.2, 0) is 6.54 Å². The fourth-order valence-electron chi connectivity index (χ4n) is 2.84. The van der Waals surface area contributed by atoms with Crippen LogP contribution in [0.25, 0.3) is 0 Å². The molecule has 1 aliphatic heterocycles. The maximum absolute atomic E-state index is 6.26. The summed E-state index contributed by atoms with van der Waals surface area (Å²) in [7, 11) is 0. The molecule has 0 aliphatic carbocycles. The molecule has 112 valence electrons. The van der Waals surface area contributed by atoms with Gasteiger partial charge in [-0.2, -0.15) is 0 Å². The molecule has 0 amide bonds. The van der Waals surface area contributed by atoms with Crippen molar-refractivity contribution >= 4 is 17.4 Å². The third-order valence-electron chi connectivity index (χ3n) is 3.98. The Morgan fingerprint density at radius 2 is 2.15 bits per heavy atom. The molecule has 4 heteroatoms. The number of rotatable bonds is 5. The molecular weight excluding hydrogens is 270 g/mol. The second-order valence-electron chi connectivity index (χ2n) is 6.32. The fraction of sp³-hybridized carbons (Fsp3) is 0.688. The van der Waals surface area contributed by atoms with Crippen LogP contribution in [0.3, 0.4) is 0 Å². The van der Waals surface area contributed by atoms with E-state index < -0.39 is 0 Å². The van der Waals surface area contributed by atoms with Gasteiger partial charge < -0.3 is 10.2 Å². The van der Waals surface area contributed by atoms with Crippen molar-refractivity contribution in [3.8, 4) is 0 Å². The Kier molecular flexibility index (Phi) is 5.28. The Morgan fingerprint density at radius 3 is 2.80 bits per heavy atom. The van der Waals surface area contributed by atoms with Crippen molar-refractivity contribution in [2.75, 3.05) is 11.4 Å². The molecule has 0 bridgehead atoms. The van der Waals surface area contributed by atoms with E-state index >= 15 is 0 Å². The number of hydrogen-bond donors (Lipinski definition) is 1. The summed E-state index contributed by atoms with van der Waals surface area (Å²) in [5.74, 6) is 1.73. The lowest BCUT2D eigenvalue weighted by atomic mass is 10.0. The lowest BCUT2D eigenvalue weighted by Gasteiger charge is -2.29. The number of nitrogens with one attached hydrogen (secondary N) is 1. The highest BCUT2D eigenvalue weighted by molar-refractivity contribution is 6.31. The van der Waals surface area contributed by atoms with E-state index in [0.29, 0.717) is 18.0 Å². The molecule has 3 nitrogen and oxygen atoms in total. The summed E-state index contributed by atoms with van der Waals surface area (Å²) < 4.78 is 0. The molecule has 1 atom stereocenters. The van der Waals surface area contributed by atoms with E-state index in [2.05, 4.69) is 49.0 Å². The predicted molar refractivity (Wildman–Crippen MR) is 86.4 cm³/mol. The minimum Gasteiger partial charge on any atom is -0.353 e. The summed E-state index contributed by atoms with van der Waals surface area (Å²) in [4.78, 5) is 6.99. The number of aromatic nitrogens is 1. The van der Waals surface area contributed by atoms with E-state index in [1.807, 2.05) is 0 Å². The third kappa shape index (κ3) is 3.64. The summed E-state index contributed by atoms with van der Waals surface area (Å²) >= 11 is 6.26. The smallest absolute Gasteiger partial charge is 0.129 e. The molecule has 0 saturated carbocycles. The number of anilines is 1. The molecule has 0 radical (unpaired) electrons. The van der Waals surface area contributed by atoms with Gasteiger partial charge >= 0.3 is 0 Å². The number of halogens is 1. The van der Waals surface area contributed by atoms with Gasteiger partial charge in [-0.05, 0) is 30.4 Å². The Balaban J connectivity index is 2.18. The maximum atomic E-state index is 6.26. The molecule has 1 saturated heterocycles. The van der Waals surface area contributed by atoms with Gasteiger partial charge in [-0.1, -0.05) is 39.3 Å². The number of hydrogen-bond acceptors (Lipinski definition) is 3. The SMILES string of the molecule is CC(C)NCc1cc(N2CCCC2C(C)C)ncc1Cl. The summed E-state index contributed by atoms with van der Waals surface area (Å²) in [5, 5.41) is 4.18. The molecule has 1 aliphatic rings. The molecule has 1 fully saturated rings. The fourth-order valence-corrected chi connectivity index (χ4v) is 3.01. The average Bonchev–Trinajstić information content (AvgIpc) is 2.87. The first kappa shape index (κ1) is 15.6. The van der Waals surface area contributed by atoms with Crippen molar-refractivity contribution in [1.29, 1.82) is 0 Å². The van der Waals surface area contributed by atoms with E-state index in [1.165, 1.54) is 12.8 Å². The van der Waals surface area contributed by atoms with Crippen molar-refractivity contribution < 1.29 is 0 Å². The maximum Gasteiger partial charge on any atom is 0.129 e. The Morgan fingerprint density at radius 1 is 1.40 bits per heavy atom. The topological polar surface area (TPSA) is 28.2 Å². The largest absolute Gasteiger partial charge is 0.353 e. The van der Waals surface area contributed by atoms with Gasteiger partial charge in [0.05, 0.1) is 5.02 Å². The van der Waals surface area contributed by atoms with Crippen LogP contribution in [0.15, 0.2) is 12.3 Å². The van der Waals surface area contributed by atoms with Crippen LogP contribution >= 0.6 is 11.6 Å². The van der Waals surface area contributed by atoms with Crippen LogP contribution < -0.4 is 10.2 Å². The zero-order valence-corrected chi connectivity index (χ0v) is 13.7. The molecule has 1 unspecified atom stereocenters. The minimum absolute atomic E-state index is 0.456. The molecule has 1 N–H and O–H groups in total. The molecular formula is C16H26ClN3. The van der Waals surface area contributed by atoms with E-state index in [-0.39, 0.29) is 0 Å². The molecule has 20 heavy (non-hydrogen) atoms. The Labute approximate surface area is 127 Å². The van der Waals surface area contributed by atoms with Crippen LogP contribution in [0.5, 0.6) is 0 Å². The van der Waals surface area contributed by atoms with E-state index in [4.69, 9.17) is 11.6 Å². The average molecular weight is 296 g/mol. The van der Waals surface area contributed by atoms with Crippen LogP contribution in [0.1, 0.15) is 46.1 Å². The van der Waals surface area contributed by atoms with Crippen molar-refractivity contribution in [3.63, 3.8) is 0 Å². The third-order valence-corrected chi connectivity index (χ3v) is 4.32. The minimum atomic E-state index is 0.456. The second-order valence-corrected chi connectivity index (χ2v) is 6.72. The van der Waals surface area contributed by atoms with Crippen molar-refractivity contribution in [2.24, 2.45) is 5.92 Å². The zero-order valence-electron chi connectivity index (χ0n) is 13.0. The van der Waals surface area contributed by atoms with Crippen LogP contribution in [0.2, 0.25) is 5.02 Å². The lowest BCUT2D eigenvalue weighted by Crippen LogP contribution is -2.34. The number of nitrogens with zero attached hydrogens (tertiary/aromatic N) is 2. The van der Waals surface area contributed by atoms with Crippen molar-refractivity contribution in [2.45, 2.75) is 59.2 Å². The van der Waals surface area contributed by atoms with Gasteiger partial charge in [0.1, 0.15) is 5.82 Å². The standard InChI is InChI=1S/C16H26ClN3/c1-11(2)15-6-5-7-20(15)16-8-13(9-18-12(3)4)14(17)10-19-16/h8,10-12,15,18H,5-7,9H2,1-4H3. The van der Waals surface area contributed by atoms with Crippen molar-refractivity contribution in [1.82, 2.24) is 10.3 Å². The second kappa shape index (κ2) is 6.77. The van der Waals surface area contributed by atoms with Gasteiger partial charge in [0.15, 0.2) is 0 Å². The first-order valence-corrected chi connectivity index (χ1v) is 8.01. The van der Waals surface area contributed by atoms with Gasteiger partial charge in [-0.25, -0.2) is 4.98 Å². The highest BCUT2D eigenvalue weighted by atomic mass is 35.5. The van der Waals surface area contributed by atoms with Gasteiger partial charge in [-0.3, -0.25) is 0 Å². The first-order valence-electron chi connectivity index (χ1n) is 7.63. The lowest BCUT2D eigenvalue weighted by molar-refractivity contribution is 0.489. The van der Waals surface area contributed by atoms with E-state index in [1.54, 1.807) is 6.20 Å². The normalized spacial score (nSPS) is 19.4. The molecule has 1 aromatic heterocycles. The van der Waals surface area contributed by atoms with E-state index in [9.17, 15) is 0 Å². The summed E-state index contributed by atoms with van der Waals surface area (Å²) in [6.45, 7) is 10.8. The monoisotopic (exact) mass is 295 g/mol. The number of pyridine rings is 1. The molecule has 2 rings (SSSR count). The Bertz CT molecular complexity index is 445. The van der Waals surface area contributed by atoms with Crippen LogP contribution in [-0.4, -0.2) is 23.6 Å². The van der Waals surface area contributed by atoms with Gasteiger partial charge in [0.25, 0.3) is 0 Å². The zero-order chi connectivity index (χ0) is 14.7. The Hall–Kier alpha value is -0.800. The summed E-state index contributed by atoms with van der Waals surface area (Å²) in [6, 6.07) is 3.21. The molecule has 2 heterocycles. The van der Waals surface area contributed by atoms with Crippen LogP contribution in [0, 0.1) is 5.92 Å². The van der Waals surface area contributed by atoms with Gasteiger partial charge in [-0.15, -0.1) is 0 Å². The molecule has 0 aromatic carbocycles. The highest BCUT2D eigenvalue weighted by Gasteiger charge is 2.28. The molecule has 0 spiro atoms. The quantitative estimate of drug-likeness (QED) is 0.894. The van der Waals surface area contributed by atoms with Gasteiger partial charge in [0.2, 0.25) is 0 Å². The molecule has 1 aromatic rings. The van der Waals surface area contributed by atoms with E-state index in [0.717, 1.165) is 29.5 Å². The van der Waals surface area contributed by atoms with Gasteiger partial charge in [0, 0.05) is 31.4 Å². The predicted octanol–water partition coefficient (Wildman–Crippen LogP) is 3.86. The van der Waals surface area contributed by atoms with Crippen molar-refractivity contribution in [3.05, 3.63) is 22.8 Å². The highest BCUT2D eigenvalue weighted by Crippen LogP contribution is 2.30. The first-order chi connectivity index (χ1) is 9.49. The van der Waals surface area contributed by atoms with Crippen LogP contribution in [0.4, 0.5) is 5.82 Å². The summed E-state index contributed by atoms with van der Waals surface area (Å²) in [6.07, 6.45) is 4.32. The summed E-state index contributed by atoms with van der Waals surface area (Å²) in [5.41, 5.74) is 1.14.